The van der Waals surface area contributed by atoms with Gasteiger partial charge in [-0.3, -0.25) is 9.59 Å². The predicted octanol–water partition coefficient (Wildman–Crippen LogP) is 4.49. The van der Waals surface area contributed by atoms with E-state index in [1.54, 1.807) is 42.3 Å². The second-order valence-corrected chi connectivity index (χ2v) is 8.42. The largest absolute Gasteiger partial charge is 0.393 e. The summed E-state index contributed by atoms with van der Waals surface area (Å²) in [6.45, 7) is 3.42. The predicted molar refractivity (Wildman–Crippen MR) is 132 cm³/mol. The normalized spacial score (nSPS) is 14.1. The second kappa shape index (κ2) is 9.88. The topological polar surface area (TPSA) is 72.9 Å². The van der Waals surface area contributed by atoms with Crippen LogP contribution in [0.15, 0.2) is 72.8 Å². The highest BCUT2D eigenvalue weighted by molar-refractivity contribution is 6.08. The van der Waals surface area contributed by atoms with Crippen LogP contribution in [0.1, 0.15) is 39.1 Å². The van der Waals surface area contributed by atoms with Crippen molar-refractivity contribution in [2.45, 2.75) is 25.9 Å². The molecule has 0 aromatic heterocycles. The molecule has 0 saturated carbocycles. The van der Waals surface area contributed by atoms with Crippen molar-refractivity contribution in [3.8, 4) is 0 Å². The molecule has 1 fully saturated rings. The zero-order valence-corrected chi connectivity index (χ0v) is 19.0. The van der Waals surface area contributed by atoms with Crippen molar-refractivity contribution in [1.82, 2.24) is 0 Å². The number of piperidine rings is 1. The summed E-state index contributed by atoms with van der Waals surface area (Å²) in [5.74, 6) is -0.304. The molecule has 2 amide bonds. The van der Waals surface area contributed by atoms with E-state index in [1.807, 2.05) is 49.4 Å². The minimum absolute atomic E-state index is 0.128. The first-order chi connectivity index (χ1) is 15.9. The lowest BCUT2D eigenvalue weighted by molar-refractivity contribution is 0.0991. The van der Waals surface area contributed by atoms with Crippen LogP contribution >= 0.6 is 0 Å². The molecule has 3 aromatic carbocycles. The van der Waals surface area contributed by atoms with Gasteiger partial charge in [0.25, 0.3) is 11.8 Å². The average Bonchev–Trinajstić information content (AvgIpc) is 2.84. The lowest BCUT2D eigenvalue weighted by Gasteiger charge is -2.34. The van der Waals surface area contributed by atoms with Crippen LogP contribution in [0.3, 0.4) is 0 Å². The molecule has 0 spiro atoms. The zero-order chi connectivity index (χ0) is 23.4. The summed E-state index contributed by atoms with van der Waals surface area (Å²) >= 11 is 0. The molecular weight excluding hydrogens is 414 g/mol. The van der Waals surface area contributed by atoms with E-state index in [0.717, 1.165) is 42.9 Å². The van der Waals surface area contributed by atoms with Gasteiger partial charge in [0.1, 0.15) is 0 Å². The lowest BCUT2D eigenvalue weighted by Crippen LogP contribution is -2.37. The number of carbonyl (C=O) groups excluding carboxylic acids is 2. The fourth-order valence-corrected chi connectivity index (χ4v) is 4.15. The number of benzene rings is 3. The third kappa shape index (κ3) is 5.07. The second-order valence-electron chi connectivity index (χ2n) is 8.42. The van der Waals surface area contributed by atoms with E-state index >= 15 is 0 Å². The Balaban J connectivity index is 1.48. The summed E-state index contributed by atoms with van der Waals surface area (Å²) in [6, 6.07) is 22.2. The minimum atomic E-state index is -0.252. The standard InChI is InChI=1S/C27H29N3O3/c1-19-7-3-4-8-23(19)26(32)28-21-13-11-20(12-14-21)27(33)29(2)24-9-5-6-10-25(24)30-17-15-22(31)16-18-30/h3-14,22,31H,15-18H2,1-2H3,(H,28,32). The van der Waals surface area contributed by atoms with E-state index in [4.69, 9.17) is 0 Å². The van der Waals surface area contributed by atoms with E-state index < -0.39 is 0 Å². The summed E-state index contributed by atoms with van der Waals surface area (Å²) in [6.07, 6.45) is 1.20. The van der Waals surface area contributed by atoms with Crippen molar-refractivity contribution < 1.29 is 14.7 Å². The molecule has 6 heteroatoms. The molecule has 0 unspecified atom stereocenters. The van der Waals surface area contributed by atoms with E-state index in [9.17, 15) is 14.7 Å². The fraction of sp³-hybridized carbons (Fsp3) is 0.259. The molecule has 170 valence electrons. The SMILES string of the molecule is Cc1ccccc1C(=O)Nc1ccc(C(=O)N(C)c2ccccc2N2CCC(O)CC2)cc1. The molecule has 0 bridgehead atoms. The van der Waals surface area contributed by atoms with Crippen molar-refractivity contribution in [2.24, 2.45) is 0 Å². The van der Waals surface area contributed by atoms with Crippen molar-refractivity contribution in [3.05, 3.63) is 89.5 Å². The maximum atomic E-state index is 13.2. The lowest BCUT2D eigenvalue weighted by atomic mass is 10.1. The minimum Gasteiger partial charge on any atom is -0.393 e. The maximum Gasteiger partial charge on any atom is 0.258 e. The number of carbonyl (C=O) groups is 2. The van der Waals surface area contributed by atoms with E-state index in [-0.39, 0.29) is 17.9 Å². The van der Waals surface area contributed by atoms with Crippen LogP contribution in [0, 0.1) is 6.92 Å². The highest BCUT2D eigenvalue weighted by atomic mass is 16.3. The summed E-state index contributed by atoms with van der Waals surface area (Å²) in [7, 11) is 1.77. The number of aliphatic hydroxyl groups excluding tert-OH is 1. The number of rotatable bonds is 5. The van der Waals surface area contributed by atoms with Crippen LogP contribution in [-0.4, -0.2) is 43.2 Å². The van der Waals surface area contributed by atoms with Crippen molar-refractivity contribution >= 4 is 28.9 Å². The molecule has 0 atom stereocenters. The number of para-hydroxylation sites is 2. The Labute approximate surface area is 194 Å². The number of aliphatic hydroxyl groups is 1. The molecular formula is C27H29N3O3. The molecule has 0 aliphatic carbocycles. The summed E-state index contributed by atoms with van der Waals surface area (Å²) in [5.41, 5.74) is 4.52. The van der Waals surface area contributed by atoms with Gasteiger partial charge in [-0.2, -0.15) is 0 Å². The number of nitrogens with zero attached hydrogens (tertiary/aromatic N) is 2. The van der Waals surface area contributed by atoms with Crippen molar-refractivity contribution in [3.63, 3.8) is 0 Å². The van der Waals surface area contributed by atoms with Gasteiger partial charge < -0.3 is 20.2 Å². The van der Waals surface area contributed by atoms with E-state index in [0.29, 0.717) is 16.8 Å². The Morgan fingerprint density at radius 2 is 1.58 bits per heavy atom. The molecule has 1 aliphatic rings. The summed E-state index contributed by atoms with van der Waals surface area (Å²) in [5, 5.41) is 12.7. The number of hydrogen-bond acceptors (Lipinski definition) is 4. The molecule has 2 N–H and O–H groups in total. The molecule has 6 nitrogen and oxygen atoms in total. The van der Waals surface area contributed by atoms with Gasteiger partial charge >= 0.3 is 0 Å². The molecule has 3 aromatic rings. The first-order valence-corrected chi connectivity index (χ1v) is 11.2. The van der Waals surface area contributed by atoms with Crippen molar-refractivity contribution in [2.75, 3.05) is 35.3 Å². The van der Waals surface area contributed by atoms with Crippen LogP contribution in [0.2, 0.25) is 0 Å². The van der Waals surface area contributed by atoms with Crippen molar-refractivity contribution in [1.29, 1.82) is 0 Å². The third-order valence-corrected chi connectivity index (χ3v) is 6.13. The number of nitrogens with one attached hydrogen (secondary N) is 1. The van der Waals surface area contributed by atoms with Crippen LogP contribution in [-0.2, 0) is 0 Å². The summed E-state index contributed by atoms with van der Waals surface area (Å²) in [4.78, 5) is 29.6. The van der Waals surface area contributed by atoms with Crippen LogP contribution in [0.25, 0.3) is 0 Å². The number of aryl methyl sites for hydroxylation is 1. The first kappa shape index (κ1) is 22.6. The van der Waals surface area contributed by atoms with E-state index in [1.165, 1.54) is 0 Å². The highest BCUT2D eigenvalue weighted by Gasteiger charge is 2.23. The highest BCUT2D eigenvalue weighted by Crippen LogP contribution is 2.31. The number of anilines is 3. The quantitative estimate of drug-likeness (QED) is 0.610. The average molecular weight is 444 g/mol. The molecule has 1 saturated heterocycles. The zero-order valence-electron chi connectivity index (χ0n) is 19.0. The Morgan fingerprint density at radius 1 is 0.939 bits per heavy atom. The van der Waals surface area contributed by atoms with Gasteiger partial charge in [-0.25, -0.2) is 0 Å². The first-order valence-electron chi connectivity index (χ1n) is 11.2. The van der Waals surface area contributed by atoms with Gasteiger partial charge in [0.05, 0.1) is 17.5 Å². The smallest absolute Gasteiger partial charge is 0.258 e. The monoisotopic (exact) mass is 443 g/mol. The third-order valence-electron chi connectivity index (χ3n) is 6.13. The molecule has 33 heavy (non-hydrogen) atoms. The number of hydrogen-bond donors (Lipinski definition) is 2. The van der Waals surface area contributed by atoms with Crippen LogP contribution in [0.5, 0.6) is 0 Å². The Morgan fingerprint density at radius 3 is 2.27 bits per heavy atom. The molecule has 4 rings (SSSR count). The molecule has 1 heterocycles. The van der Waals surface area contributed by atoms with Gasteiger partial charge in [0, 0.05) is 37.0 Å². The molecule has 1 aliphatic heterocycles. The molecule has 0 radical (unpaired) electrons. The van der Waals surface area contributed by atoms with Gasteiger partial charge in [0.15, 0.2) is 0 Å². The van der Waals surface area contributed by atoms with Gasteiger partial charge in [-0.1, -0.05) is 30.3 Å². The Kier molecular flexibility index (Phi) is 6.75. The van der Waals surface area contributed by atoms with E-state index in [2.05, 4.69) is 10.2 Å². The Hall–Kier alpha value is -3.64. The van der Waals surface area contributed by atoms with Crippen LogP contribution in [0.4, 0.5) is 17.1 Å². The maximum absolute atomic E-state index is 13.2. The van der Waals surface area contributed by atoms with Gasteiger partial charge in [-0.05, 0) is 67.8 Å². The van der Waals surface area contributed by atoms with Gasteiger partial charge in [0.2, 0.25) is 0 Å². The number of amides is 2. The summed E-state index contributed by atoms with van der Waals surface area (Å²) < 4.78 is 0. The van der Waals surface area contributed by atoms with Gasteiger partial charge in [-0.15, -0.1) is 0 Å². The Bertz CT molecular complexity index is 1140. The van der Waals surface area contributed by atoms with Crippen LogP contribution < -0.4 is 15.1 Å². The fourth-order valence-electron chi connectivity index (χ4n) is 4.15.